The van der Waals surface area contributed by atoms with Gasteiger partial charge in [-0.25, -0.2) is 4.98 Å². The minimum absolute atomic E-state index is 0.0669. The summed E-state index contributed by atoms with van der Waals surface area (Å²) in [5, 5.41) is 13.7. The summed E-state index contributed by atoms with van der Waals surface area (Å²) in [4.78, 5) is 41.2. The van der Waals surface area contributed by atoms with Crippen molar-refractivity contribution in [1.29, 1.82) is 0 Å². The zero-order valence-electron chi connectivity index (χ0n) is 27.1. The number of carboxylic acids is 1. The number of fused-ring (bicyclic) bond motifs is 4. The molecule has 6 atom stereocenters. The van der Waals surface area contributed by atoms with Crippen molar-refractivity contribution < 1.29 is 14.7 Å². The minimum atomic E-state index is -0.942. The summed E-state index contributed by atoms with van der Waals surface area (Å²) in [6, 6.07) is 9.56. The van der Waals surface area contributed by atoms with Crippen molar-refractivity contribution in [3.8, 4) is 0 Å². The van der Waals surface area contributed by atoms with E-state index in [4.69, 9.17) is 9.82 Å². The van der Waals surface area contributed by atoms with Crippen LogP contribution in [0.15, 0.2) is 34.2 Å². The molecule has 4 fully saturated rings. The zero-order chi connectivity index (χ0) is 31.0. The van der Waals surface area contributed by atoms with Crippen LogP contribution < -0.4 is 5.56 Å². The second kappa shape index (κ2) is 12.9. The van der Waals surface area contributed by atoms with Gasteiger partial charge in [-0.3, -0.25) is 14.5 Å². The molecule has 2 aliphatic carbocycles. The van der Waals surface area contributed by atoms with Crippen LogP contribution in [0.25, 0.3) is 11.0 Å². The van der Waals surface area contributed by atoms with Gasteiger partial charge in [0.15, 0.2) is 5.69 Å². The van der Waals surface area contributed by atoms with E-state index in [0.717, 1.165) is 35.7 Å². The molecule has 0 radical (unpaired) electrons. The van der Waals surface area contributed by atoms with Crippen molar-refractivity contribution in [3.63, 3.8) is 0 Å². The molecule has 3 heterocycles. The maximum absolute atomic E-state index is 14.4. The van der Waals surface area contributed by atoms with Crippen molar-refractivity contribution in [1.82, 2.24) is 19.4 Å². The van der Waals surface area contributed by atoms with Crippen molar-refractivity contribution in [2.24, 2.45) is 22.4 Å². The second-order valence-electron chi connectivity index (χ2n) is 14.2. The highest BCUT2D eigenvalue weighted by atomic mass is 16.6. The van der Waals surface area contributed by atoms with Crippen LogP contribution in [-0.2, 0) is 9.63 Å². The van der Waals surface area contributed by atoms with Crippen LogP contribution in [0.3, 0.4) is 0 Å². The molecule has 240 valence electrons. The molecular formula is C35H51N5O4. The van der Waals surface area contributed by atoms with Gasteiger partial charge in [0, 0.05) is 37.1 Å². The Morgan fingerprint density at radius 2 is 1.82 bits per heavy atom. The lowest BCUT2D eigenvalue weighted by Gasteiger charge is -2.54. The van der Waals surface area contributed by atoms with Crippen LogP contribution in [0.2, 0.25) is 0 Å². The number of oxime groups is 1. The molecule has 6 rings (SSSR count). The van der Waals surface area contributed by atoms with E-state index in [-0.39, 0.29) is 30.1 Å². The van der Waals surface area contributed by atoms with Crippen LogP contribution in [-0.4, -0.2) is 81.5 Å². The van der Waals surface area contributed by atoms with Crippen molar-refractivity contribution in [3.05, 3.63) is 40.3 Å². The number of hydrogen-bond donors (Lipinski definition) is 1. The van der Waals surface area contributed by atoms with E-state index in [9.17, 15) is 14.7 Å². The summed E-state index contributed by atoms with van der Waals surface area (Å²) in [5.41, 5.74) is 2.53. The van der Waals surface area contributed by atoms with Crippen LogP contribution in [0.5, 0.6) is 0 Å². The molecule has 1 N–H and O–H groups in total. The summed E-state index contributed by atoms with van der Waals surface area (Å²) < 4.78 is 1.98. The van der Waals surface area contributed by atoms with E-state index in [0.29, 0.717) is 42.4 Å². The monoisotopic (exact) mass is 605 g/mol. The number of piperidine rings is 2. The molecule has 9 nitrogen and oxygen atoms in total. The Labute approximate surface area is 261 Å². The Morgan fingerprint density at radius 1 is 1.07 bits per heavy atom. The molecule has 44 heavy (non-hydrogen) atoms. The quantitative estimate of drug-likeness (QED) is 0.188. The Kier molecular flexibility index (Phi) is 9.16. The highest BCUT2D eigenvalue weighted by Crippen LogP contribution is 2.67. The summed E-state index contributed by atoms with van der Waals surface area (Å²) in [5.74, 6) is 0.794. The number of rotatable bonds is 12. The summed E-state index contributed by atoms with van der Waals surface area (Å²) in [6.45, 7) is 5.80. The van der Waals surface area contributed by atoms with E-state index < -0.39 is 5.97 Å². The van der Waals surface area contributed by atoms with Gasteiger partial charge in [-0.2, -0.15) is 0 Å². The number of aliphatic carboxylic acids is 1. The smallest absolute Gasteiger partial charge is 0.303 e. The summed E-state index contributed by atoms with van der Waals surface area (Å²) in [7, 11) is 3.90. The lowest BCUT2D eigenvalue weighted by molar-refractivity contribution is -0.136. The fraction of sp³-hybridized carbons (Fsp3) is 0.714. The molecule has 0 spiro atoms. The lowest BCUT2D eigenvalue weighted by atomic mass is 9.71. The Hall–Kier alpha value is -2.78. The third kappa shape index (κ3) is 5.94. The standard InChI is InChI=1S/C35H51N5O4/c1-5-23-18-27(19-24-22-35(23,24)6-2)39-25-10-9-11-26(39)21-28(20-25)40-31-13-8-7-12-29(31)36-33(34(40)43)30(14-15-32(41)42)37-44-17-16-38(3)4/h7-8,12-13,23-28H,5-6,9-11,14-22H2,1-4H3,(H,41,42)/b37-30+. The summed E-state index contributed by atoms with van der Waals surface area (Å²) >= 11 is 0. The van der Waals surface area contributed by atoms with Crippen molar-refractivity contribution in [2.45, 2.75) is 115 Å². The maximum atomic E-state index is 14.4. The highest BCUT2D eigenvalue weighted by Gasteiger charge is 2.61. The SMILES string of the molecule is CCC1CC(N2C3CCCC2CC(n2c(=O)c(/C(CCC(=O)O)=N/OCCN(C)C)nc4ccccc42)C3)CC2CC12CC. The van der Waals surface area contributed by atoms with E-state index in [1.54, 1.807) is 0 Å². The predicted octanol–water partition coefficient (Wildman–Crippen LogP) is 5.71. The van der Waals surface area contributed by atoms with Crippen LogP contribution in [0.4, 0.5) is 0 Å². The first-order valence-corrected chi connectivity index (χ1v) is 17.1. The van der Waals surface area contributed by atoms with Gasteiger partial charge in [-0.1, -0.05) is 44.0 Å². The fourth-order valence-corrected chi connectivity index (χ4v) is 9.42. The van der Waals surface area contributed by atoms with E-state index in [1.165, 1.54) is 51.4 Å². The van der Waals surface area contributed by atoms with Crippen LogP contribution in [0.1, 0.15) is 103 Å². The van der Waals surface area contributed by atoms with Gasteiger partial charge in [0.1, 0.15) is 12.3 Å². The maximum Gasteiger partial charge on any atom is 0.303 e. The molecule has 2 aromatic rings. The number of aromatic nitrogens is 2. The molecule has 1 aromatic carbocycles. The summed E-state index contributed by atoms with van der Waals surface area (Å²) in [6.07, 6.45) is 12.2. The minimum Gasteiger partial charge on any atom is -0.481 e. The van der Waals surface area contributed by atoms with E-state index in [2.05, 4.69) is 23.9 Å². The average molecular weight is 606 g/mol. The zero-order valence-corrected chi connectivity index (χ0v) is 27.1. The molecule has 2 saturated heterocycles. The van der Waals surface area contributed by atoms with Gasteiger partial charge >= 0.3 is 5.97 Å². The number of nitrogens with zero attached hydrogens (tertiary/aromatic N) is 5. The van der Waals surface area contributed by atoms with Gasteiger partial charge in [-0.15, -0.1) is 0 Å². The molecule has 2 bridgehead atoms. The molecule has 4 aliphatic rings. The van der Waals surface area contributed by atoms with Gasteiger partial charge < -0.3 is 19.4 Å². The molecule has 0 amide bonds. The van der Waals surface area contributed by atoms with E-state index >= 15 is 0 Å². The van der Waals surface area contributed by atoms with Crippen LogP contribution >= 0.6 is 0 Å². The van der Waals surface area contributed by atoms with Gasteiger partial charge in [-0.05, 0) is 94.8 Å². The third-order valence-corrected chi connectivity index (χ3v) is 11.6. The Morgan fingerprint density at radius 3 is 2.50 bits per heavy atom. The fourth-order valence-electron chi connectivity index (χ4n) is 9.42. The molecule has 2 saturated carbocycles. The molecule has 6 unspecified atom stereocenters. The second-order valence-corrected chi connectivity index (χ2v) is 14.2. The van der Waals surface area contributed by atoms with Gasteiger partial charge in [0.25, 0.3) is 5.56 Å². The average Bonchev–Trinajstić information content (AvgIpc) is 3.74. The van der Waals surface area contributed by atoms with Crippen molar-refractivity contribution >= 4 is 22.7 Å². The van der Waals surface area contributed by atoms with E-state index in [1.807, 2.05) is 47.8 Å². The van der Waals surface area contributed by atoms with Crippen LogP contribution in [0, 0.1) is 17.3 Å². The third-order valence-electron chi connectivity index (χ3n) is 11.6. The Balaban J connectivity index is 1.31. The molecular weight excluding hydrogens is 554 g/mol. The first-order valence-electron chi connectivity index (χ1n) is 17.1. The molecule has 1 aromatic heterocycles. The normalized spacial score (nSPS) is 32.1. The molecule has 2 aliphatic heterocycles. The van der Waals surface area contributed by atoms with Gasteiger partial charge in [0.05, 0.1) is 17.5 Å². The first kappa shape index (κ1) is 31.2. The molecule has 9 heteroatoms. The van der Waals surface area contributed by atoms with Gasteiger partial charge in [0.2, 0.25) is 0 Å². The van der Waals surface area contributed by atoms with Crippen molar-refractivity contribution in [2.75, 3.05) is 27.2 Å². The highest BCUT2D eigenvalue weighted by molar-refractivity contribution is 6.00. The number of hydrogen-bond acceptors (Lipinski definition) is 7. The number of carbonyl (C=O) groups is 1. The number of likely N-dealkylation sites (N-methyl/N-ethyl adjacent to an activating group) is 1. The lowest BCUT2D eigenvalue weighted by Crippen LogP contribution is -2.58. The topological polar surface area (TPSA) is 100 Å². The number of benzene rings is 1. The predicted molar refractivity (Wildman–Crippen MR) is 173 cm³/mol. The largest absolute Gasteiger partial charge is 0.481 e. The first-order chi connectivity index (χ1) is 21.3. The number of para-hydroxylation sites is 2. The number of carboxylic acid groups (broad SMARTS) is 1. The Bertz CT molecular complexity index is 1420.